The molecule has 2 rings (SSSR count). The smallest absolute Gasteiger partial charge is 0.335 e. The first-order valence-corrected chi connectivity index (χ1v) is 7.26. The molecule has 0 aliphatic carbocycles. The van der Waals surface area contributed by atoms with Crippen LogP contribution in [0.2, 0.25) is 0 Å². The fourth-order valence-corrected chi connectivity index (χ4v) is 1.84. The summed E-state index contributed by atoms with van der Waals surface area (Å²) in [4.78, 5) is 21.1. The van der Waals surface area contributed by atoms with Crippen molar-refractivity contribution in [3.05, 3.63) is 29.8 Å². The maximum absolute atomic E-state index is 10.9. The van der Waals surface area contributed by atoms with Crippen molar-refractivity contribution in [2.45, 2.75) is 40.5 Å². The zero-order valence-electron chi connectivity index (χ0n) is 13.1. The Kier molecular flexibility index (Phi) is 8.12. The standard InChI is InChI=1S/C7H13NO.C7H6O3.C2H6/c1-3-7(4-2)5-8-6(7)9;8-6-3-1-5(2-4-6)7(9)10;1-2/h3-5H2,1-2H3,(H,8,9);1-4,8H,(H,9,10);1-2H3. The summed E-state index contributed by atoms with van der Waals surface area (Å²) in [6.07, 6.45) is 1.96. The maximum atomic E-state index is 10.9. The monoisotopic (exact) mass is 295 g/mol. The van der Waals surface area contributed by atoms with Gasteiger partial charge in [0.15, 0.2) is 0 Å². The minimum Gasteiger partial charge on any atom is -0.508 e. The van der Waals surface area contributed by atoms with Gasteiger partial charge in [0, 0.05) is 6.54 Å². The molecule has 1 saturated heterocycles. The van der Waals surface area contributed by atoms with E-state index in [1.54, 1.807) is 0 Å². The van der Waals surface area contributed by atoms with E-state index in [4.69, 9.17) is 10.2 Å². The minimum atomic E-state index is -0.986. The lowest BCUT2D eigenvalue weighted by atomic mass is 9.76. The van der Waals surface area contributed by atoms with Gasteiger partial charge < -0.3 is 15.5 Å². The highest BCUT2D eigenvalue weighted by molar-refractivity contribution is 5.88. The number of carbonyl (C=O) groups excluding carboxylic acids is 1. The van der Waals surface area contributed by atoms with Gasteiger partial charge in [0.2, 0.25) is 5.91 Å². The highest BCUT2D eigenvalue weighted by atomic mass is 16.4. The number of phenols is 1. The van der Waals surface area contributed by atoms with Crippen LogP contribution in [-0.2, 0) is 4.79 Å². The summed E-state index contributed by atoms with van der Waals surface area (Å²) < 4.78 is 0. The van der Waals surface area contributed by atoms with Crippen LogP contribution in [0.3, 0.4) is 0 Å². The molecule has 0 saturated carbocycles. The van der Waals surface area contributed by atoms with Gasteiger partial charge in [0.1, 0.15) is 5.75 Å². The Balaban J connectivity index is 0.000000342. The summed E-state index contributed by atoms with van der Waals surface area (Å²) in [6, 6.07) is 5.36. The molecule has 0 bridgehead atoms. The molecule has 5 heteroatoms. The SMILES string of the molecule is CC.CCC1(CC)CNC1=O.O=C(O)c1ccc(O)cc1. The molecule has 1 amide bonds. The first-order valence-electron chi connectivity index (χ1n) is 7.26. The van der Waals surface area contributed by atoms with E-state index >= 15 is 0 Å². The van der Waals surface area contributed by atoms with E-state index in [-0.39, 0.29) is 22.6 Å². The third kappa shape index (κ3) is 5.10. The number of nitrogens with one attached hydrogen (secondary N) is 1. The number of hydrogen-bond donors (Lipinski definition) is 3. The first-order chi connectivity index (χ1) is 9.95. The number of rotatable bonds is 3. The van der Waals surface area contributed by atoms with Crippen LogP contribution in [0, 0.1) is 5.41 Å². The largest absolute Gasteiger partial charge is 0.508 e. The van der Waals surface area contributed by atoms with Gasteiger partial charge in [-0.1, -0.05) is 27.7 Å². The predicted molar refractivity (Wildman–Crippen MR) is 82.4 cm³/mol. The number of phenolic OH excluding ortho intramolecular Hbond substituents is 1. The van der Waals surface area contributed by atoms with E-state index in [0.717, 1.165) is 19.4 Å². The first kappa shape index (κ1) is 19.0. The van der Waals surface area contributed by atoms with Crippen molar-refractivity contribution >= 4 is 11.9 Å². The third-order valence-electron chi connectivity index (χ3n) is 3.54. The summed E-state index contributed by atoms with van der Waals surface area (Å²) in [7, 11) is 0. The van der Waals surface area contributed by atoms with Crippen molar-refractivity contribution in [1.29, 1.82) is 0 Å². The molecular weight excluding hydrogens is 270 g/mol. The van der Waals surface area contributed by atoms with E-state index in [9.17, 15) is 9.59 Å². The summed E-state index contributed by atoms with van der Waals surface area (Å²) in [5.41, 5.74) is 0.192. The normalized spacial score (nSPS) is 14.4. The second kappa shape index (κ2) is 9.00. The van der Waals surface area contributed by atoms with Crippen LogP contribution >= 0.6 is 0 Å². The summed E-state index contributed by atoms with van der Waals surface area (Å²) in [6.45, 7) is 9.03. The van der Waals surface area contributed by atoms with Gasteiger partial charge >= 0.3 is 5.97 Å². The van der Waals surface area contributed by atoms with Crippen LogP contribution in [0.25, 0.3) is 0 Å². The van der Waals surface area contributed by atoms with Crippen LogP contribution in [0.1, 0.15) is 50.9 Å². The molecule has 1 aliphatic rings. The van der Waals surface area contributed by atoms with E-state index in [0.29, 0.717) is 0 Å². The van der Waals surface area contributed by atoms with E-state index in [2.05, 4.69) is 19.2 Å². The number of carboxylic acids is 1. The Hall–Kier alpha value is -2.04. The van der Waals surface area contributed by atoms with Crippen molar-refractivity contribution in [3.63, 3.8) is 0 Å². The number of aromatic carboxylic acids is 1. The molecule has 0 aromatic heterocycles. The zero-order chi connectivity index (χ0) is 16.5. The molecule has 118 valence electrons. The molecule has 0 unspecified atom stereocenters. The fraction of sp³-hybridized carbons (Fsp3) is 0.500. The Labute approximate surface area is 126 Å². The van der Waals surface area contributed by atoms with Gasteiger partial charge in [0.05, 0.1) is 11.0 Å². The van der Waals surface area contributed by atoms with Gasteiger partial charge in [-0.3, -0.25) is 4.79 Å². The Bertz CT molecular complexity index is 444. The van der Waals surface area contributed by atoms with Crippen LogP contribution < -0.4 is 5.32 Å². The summed E-state index contributed by atoms with van der Waals surface area (Å²) in [5, 5.41) is 19.9. The third-order valence-corrected chi connectivity index (χ3v) is 3.54. The highest BCUT2D eigenvalue weighted by Gasteiger charge is 2.42. The van der Waals surface area contributed by atoms with Gasteiger partial charge in [-0.25, -0.2) is 4.79 Å². The van der Waals surface area contributed by atoms with Crippen LogP contribution in [0.15, 0.2) is 24.3 Å². The van der Waals surface area contributed by atoms with Gasteiger partial charge in [-0.15, -0.1) is 0 Å². The average Bonchev–Trinajstić information content (AvgIpc) is 2.50. The number of hydrogen-bond acceptors (Lipinski definition) is 3. The van der Waals surface area contributed by atoms with E-state index < -0.39 is 5.97 Å². The fourth-order valence-electron chi connectivity index (χ4n) is 1.84. The number of β-lactam (4-membered cyclic amide) rings is 1. The van der Waals surface area contributed by atoms with E-state index in [1.165, 1.54) is 24.3 Å². The molecule has 1 aliphatic heterocycles. The highest BCUT2D eigenvalue weighted by Crippen LogP contribution is 2.31. The molecular formula is C16H25NO4. The molecule has 1 aromatic carbocycles. The maximum Gasteiger partial charge on any atom is 0.335 e. The molecule has 1 aromatic rings. The van der Waals surface area contributed by atoms with Crippen molar-refractivity contribution in [1.82, 2.24) is 5.32 Å². The molecule has 5 nitrogen and oxygen atoms in total. The van der Waals surface area contributed by atoms with E-state index in [1.807, 2.05) is 13.8 Å². The number of carbonyl (C=O) groups is 2. The second-order valence-corrected chi connectivity index (χ2v) is 4.52. The van der Waals surface area contributed by atoms with Crippen LogP contribution in [0.4, 0.5) is 0 Å². The topological polar surface area (TPSA) is 86.6 Å². The quantitative estimate of drug-likeness (QED) is 0.748. The Morgan fingerprint density at radius 3 is 1.86 bits per heavy atom. The average molecular weight is 295 g/mol. The van der Waals surface area contributed by atoms with Crippen LogP contribution in [-0.4, -0.2) is 28.6 Å². The Morgan fingerprint density at radius 2 is 1.67 bits per heavy atom. The number of amides is 1. The zero-order valence-corrected chi connectivity index (χ0v) is 13.1. The van der Waals surface area contributed by atoms with Gasteiger partial charge in [0.25, 0.3) is 0 Å². The molecule has 0 radical (unpaired) electrons. The lowest BCUT2D eigenvalue weighted by Crippen LogP contribution is -2.58. The minimum absolute atomic E-state index is 0.0139. The molecule has 1 heterocycles. The van der Waals surface area contributed by atoms with Crippen LogP contribution in [0.5, 0.6) is 5.75 Å². The van der Waals surface area contributed by atoms with Gasteiger partial charge in [-0.05, 0) is 37.1 Å². The number of benzene rings is 1. The van der Waals surface area contributed by atoms with Crippen molar-refractivity contribution in [2.75, 3.05) is 6.54 Å². The number of carboxylic acid groups (broad SMARTS) is 1. The molecule has 3 N–H and O–H groups in total. The van der Waals surface area contributed by atoms with Crippen molar-refractivity contribution in [2.24, 2.45) is 5.41 Å². The lowest BCUT2D eigenvalue weighted by molar-refractivity contribution is -0.140. The molecule has 0 atom stereocenters. The molecule has 21 heavy (non-hydrogen) atoms. The molecule has 1 fully saturated rings. The predicted octanol–water partition coefficient (Wildman–Crippen LogP) is 3.04. The van der Waals surface area contributed by atoms with Crippen molar-refractivity contribution < 1.29 is 19.8 Å². The molecule has 0 spiro atoms. The Morgan fingerprint density at radius 1 is 1.19 bits per heavy atom. The number of aromatic hydroxyl groups is 1. The second-order valence-electron chi connectivity index (χ2n) is 4.52. The van der Waals surface area contributed by atoms with Gasteiger partial charge in [-0.2, -0.15) is 0 Å². The summed E-state index contributed by atoms with van der Waals surface area (Å²) in [5.74, 6) is -0.669. The van der Waals surface area contributed by atoms with Crippen molar-refractivity contribution in [3.8, 4) is 5.75 Å². The lowest BCUT2D eigenvalue weighted by Gasteiger charge is -2.39. The summed E-state index contributed by atoms with van der Waals surface area (Å²) >= 11 is 0.